The molecule has 0 aromatic heterocycles. The second kappa shape index (κ2) is 10.3. The van der Waals surface area contributed by atoms with Crippen LogP contribution in [0.25, 0.3) is 6.08 Å². The lowest BCUT2D eigenvalue weighted by molar-refractivity contribution is -0.112. The summed E-state index contributed by atoms with van der Waals surface area (Å²) in [4.78, 5) is 24.0. The number of benzene rings is 2. The highest BCUT2D eigenvalue weighted by Crippen LogP contribution is 2.23. The molecule has 2 aromatic carbocycles. The number of rotatable bonds is 8. The molecule has 0 saturated carbocycles. The summed E-state index contributed by atoms with van der Waals surface area (Å²) in [6.45, 7) is 11.7. The summed E-state index contributed by atoms with van der Waals surface area (Å²) in [6.07, 6.45) is 4.45. The predicted octanol–water partition coefficient (Wildman–Crippen LogP) is 5.41. The topological polar surface area (TPSA) is 70.2 Å². The van der Waals surface area contributed by atoms with E-state index in [1.807, 2.05) is 42.5 Å². The van der Waals surface area contributed by atoms with E-state index in [1.165, 1.54) is 12.2 Å². The second-order valence-corrected chi connectivity index (χ2v) is 7.44. The van der Waals surface area contributed by atoms with E-state index in [1.54, 1.807) is 6.08 Å². The van der Waals surface area contributed by atoms with E-state index >= 15 is 0 Å². The fraction of sp³-hybridized carbons (Fsp3) is 0.250. The van der Waals surface area contributed by atoms with Crippen molar-refractivity contribution in [2.45, 2.75) is 39.7 Å². The van der Waals surface area contributed by atoms with Gasteiger partial charge in [-0.3, -0.25) is 9.59 Å². The van der Waals surface area contributed by atoms with Gasteiger partial charge < -0.3 is 16.0 Å². The van der Waals surface area contributed by atoms with E-state index in [4.69, 9.17) is 0 Å². The SMILES string of the molecule is C=CC(=O)Nc1cc(/C=C/C(=O)Nc2cccc(NC(C)C)c2)cc(C(C)C)c1. The van der Waals surface area contributed by atoms with Crippen molar-refractivity contribution in [1.82, 2.24) is 0 Å². The summed E-state index contributed by atoms with van der Waals surface area (Å²) in [5, 5.41) is 8.96. The van der Waals surface area contributed by atoms with Crippen LogP contribution in [0.2, 0.25) is 0 Å². The third-order valence-electron chi connectivity index (χ3n) is 4.11. The smallest absolute Gasteiger partial charge is 0.248 e. The van der Waals surface area contributed by atoms with E-state index in [0.717, 1.165) is 22.5 Å². The molecule has 2 aromatic rings. The third kappa shape index (κ3) is 7.30. The van der Waals surface area contributed by atoms with Crippen molar-refractivity contribution >= 4 is 35.0 Å². The average Bonchev–Trinajstić information content (AvgIpc) is 2.65. The molecule has 0 aliphatic rings. The number of anilines is 3. The van der Waals surface area contributed by atoms with Gasteiger partial charge in [-0.1, -0.05) is 32.6 Å². The van der Waals surface area contributed by atoms with Crippen LogP contribution in [-0.2, 0) is 9.59 Å². The van der Waals surface area contributed by atoms with Crippen LogP contribution < -0.4 is 16.0 Å². The molecule has 0 spiro atoms. The molecule has 5 heteroatoms. The van der Waals surface area contributed by atoms with Crippen LogP contribution in [-0.4, -0.2) is 17.9 Å². The van der Waals surface area contributed by atoms with Crippen molar-refractivity contribution in [3.8, 4) is 0 Å². The van der Waals surface area contributed by atoms with Crippen molar-refractivity contribution in [2.24, 2.45) is 0 Å². The van der Waals surface area contributed by atoms with Gasteiger partial charge in [0.2, 0.25) is 11.8 Å². The minimum absolute atomic E-state index is 0.224. The molecule has 0 bridgehead atoms. The van der Waals surface area contributed by atoms with Crippen molar-refractivity contribution < 1.29 is 9.59 Å². The Morgan fingerprint density at radius 1 is 0.897 bits per heavy atom. The Balaban J connectivity index is 2.14. The summed E-state index contributed by atoms with van der Waals surface area (Å²) in [7, 11) is 0. The predicted molar refractivity (Wildman–Crippen MR) is 122 cm³/mol. The minimum Gasteiger partial charge on any atom is -0.383 e. The van der Waals surface area contributed by atoms with Gasteiger partial charge >= 0.3 is 0 Å². The zero-order valence-corrected chi connectivity index (χ0v) is 17.5. The normalized spacial score (nSPS) is 11.0. The monoisotopic (exact) mass is 391 g/mol. The molecule has 0 unspecified atom stereocenters. The third-order valence-corrected chi connectivity index (χ3v) is 4.11. The van der Waals surface area contributed by atoms with Crippen molar-refractivity contribution in [1.29, 1.82) is 0 Å². The summed E-state index contributed by atoms with van der Waals surface area (Å²) in [5.74, 6) is -0.209. The van der Waals surface area contributed by atoms with Gasteiger partial charge in [0.15, 0.2) is 0 Å². The van der Waals surface area contributed by atoms with Gasteiger partial charge in [0.1, 0.15) is 0 Å². The molecule has 0 heterocycles. The molecule has 5 nitrogen and oxygen atoms in total. The number of nitrogens with one attached hydrogen (secondary N) is 3. The zero-order chi connectivity index (χ0) is 21.4. The molecule has 0 fully saturated rings. The molecular formula is C24H29N3O2. The van der Waals surface area contributed by atoms with E-state index in [0.29, 0.717) is 11.7 Å². The van der Waals surface area contributed by atoms with Gasteiger partial charge in [-0.15, -0.1) is 0 Å². The van der Waals surface area contributed by atoms with Crippen molar-refractivity contribution in [2.75, 3.05) is 16.0 Å². The Bertz CT molecular complexity index is 914. The standard InChI is InChI=1S/C24H29N3O2/c1-6-23(28)27-22-13-18(12-19(14-22)16(2)3)10-11-24(29)26-21-9-7-8-20(15-21)25-17(4)5/h6-17,25H,1H2,2-5H3,(H,26,29)(H,27,28)/b11-10+. The van der Waals surface area contributed by atoms with Crippen LogP contribution in [0.4, 0.5) is 17.1 Å². The van der Waals surface area contributed by atoms with Gasteiger partial charge in [0, 0.05) is 29.2 Å². The Morgan fingerprint density at radius 3 is 2.24 bits per heavy atom. The molecule has 29 heavy (non-hydrogen) atoms. The number of amides is 2. The summed E-state index contributed by atoms with van der Waals surface area (Å²) in [6, 6.07) is 13.7. The molecule has 0 radical (unpaired) electrons. The van der Waals surface area contributed by atoms with Crippen LogP contribution in [0.1, 0.15) is 44.7 Å². The highest BCUT2D eigenvalue weighted by atomic mass is 16.2. The first-order chi connectivity index (χ1) is 13.8. The number of carbonyl (C=O) groups is 2. The van der Waals surface area contributed by atoms with E-state index in [-0.39, 0.29) is 17.7 Å². The maximum atomic E-state index is 12.3. The fourth-order valence-corrected chi connectivity index (χ4v) is 2.75. The summed E-state index contributed by atoms with van der Waals surface area (Å²) in [5.41, 5.74) is 4.25. The average molecular weight is 392 g/mol. The molecule has 152 valence electrons. The van der Waals surface area contributed by atoms with Gasteiger partial charge in [-0.05, 0) is 73.4 Å². The molecule has 3 N–H and O–H groups in total. The molecule has 0 saturated heterocycles. The Morgan fingerprint density at radius 2 is 1.59 bits per heavy atom. The highest BCUT2D eigenvalue weighted by molar-refractivity contribution is 6.02. The van der Waals surface area contributed by atoms with Crippen molar-refractivity contribution in [3.05, 3.63) is 72.3 Å². The van der Waals surface area contributed by atoms with Crippen LogP contribution in [0.5, 0.6) is 0 Å². The van der Waals surface area contributed by atoms with Gasteiger partial charge in [-0.2, -0.15) is 0 Å². The van der Waals surface area contributed by atoms with E-state index in [2.05, 4.69) is 50.2 Å². The zero-order valence-electron chi connectivity index (χ0n) is 17.5. The number of carbonyl (C=O) groups excluding carboxylic acids is 2. The molecule has 2 rings (SSSR count). The number of hydrogen-bond acceptors (Lipinski definition) is 3. The van der Waals surface area contributed by atoms with Gasteiger partial charge in [0.05, 0.1) is 0 Å². The lowest BCUT2D eigenvalue weighted by Gasteiger charge is -2.12. The quantitative estimate of drug-likeness (QED) is 0.527. The highest BCUT2D eigenvalue weighted by Gasteiger charge is 2.06. The maximum absolute atomic E-state index is 12.3. The first-order valence-electron chi connectivity index (χ1n) is 9.71. The van der Waals surface area contributed by atoms with Crippen LogP contribution in [0.15, 0.2) is 61.2 Å². The summed E-state index contributed by atoms with van der Waals surface area (Å²) >= 11 is 0. The molecular weight excluding hydrogens is 362 g/mol. The fourth-order valence-electron chi connectivity index (χ4n) is 2.75. The lowest BCUT2D eigenvalue weighted by atomic mass is 9.99. The Hall–Kier alpha value is -3.34. The van der Waals surface area contributed by atoms with E-state index in [9.17, 15) is 9.59 Å². The first-order valence-corrected chi connectivity index (χ1v) is 9.71. The Labute approximate surface area is 172 Å². The Kier molecular flexibility index (Phi) is 7.78. The molecule has 0 aliphatic heterocycles. The largest absolute Gasteiger partial charge is 0.383 e. The maximum Gasteiger partial charge on any atom is 0.248 e. The minimum atomic E-state index is -0.270. The lowest BCUT2D eigenvalue weighted by Crippen LogP contribution is -2.11. The van der Waals surface area contributed by atoms with Crippen LogP contribution in [0, 0.1) is 0 Å². The molecule has 2 amide bonds. The summed E-state index contributed by atoms with van der Waals surface area (Å²) < 4.78 is 0. The van der Waals surface area contributed by atoms with Gasteiger partial charge in [-0.25, -0.2) is 0 Å². The molecule has 0 atom stereocenters. The van der Waals surface area contributed by atoms with Crippen molar-refractivity contribution in [3.63, 3.8) is 0 Å². The van der Waals surface area contributed by atoms with Crippen LogP contribution in [0.3, 0.4) is 0 Å². The van der Waals surface area contributed by atoms with E-state index < -0.39 is 0 Å². The van der Waals surface area contributed by atoms with Crippen LogP contribution >= 0.6 is 0 Å². The molecule has 0 aliphatic carbocycles. The number of hydrogen-bond donors (Lipinski definition) is 3. The van der Waals surface area contributed by atoms with Gasteiger partial charge in [0.25, 0.3) is 0 Å². The second-order valence-electron chi connectivity index (χ2n) is 7.44. The first kappa shape index (κ1) is 22.0.